The highest BCUT2D eigenvalue weighted by molar-refractivity contribution is 7.13. The van der Waals surface area contributed by atoms with Crippen LogP contribution in [0.25, 0.3) is 10.6 Å². The number of halogens is 3. The van der Waals surface area contributed by atoms with Crippen LogP contribution in [-0.2, 0) is 22.3 Å². The third-order valence-electron chi connectivity index (χ3n) is 2.29. The Morgan fingerprint density at radius 2 is 1.95 bits per heavy atom. The van der Waals surface area contributed by atoms with Gasteiger partial charge in [0.2, 0.25) is 0 Å². The van der Waals surface area contributed by atoms with Crippen molar-refractivity contribution in [2.45, 2.75) is 12.8 Å². The van der Waals surface area contributed by atoms with Crippen molar-refractivity contribution in [3.63, 3.8) is 0 Å². The van der Waals surface area contributed by atoms with Gasteiger partial charge in [0.25, 0.3) is 0 Å². The van der Waals surface area contributed by atoms with Gasteiger partial charge in [-0.3, -0.25) is 0 Å². The van der Waals surface area contributed by atoms with E-state index in [0.717, 1.165) is 12.1 Å². The van der Waals surface area contributed by atoms with Crippen molar-refractivity contribution >= 4 is 17.8 Å². The summed E-state index contributed by atoms with van der Waals surface area (Å²) in [6.07, 6.45) is -4.35. The molecule has 2 aromatic rings. The lowest BCUT2D eigenvalue weighted by Gasteiger charge is -2.06. The van der Waals surface area contributed by atoms with Crippen LogP contribution in [0.5, 0.6) is 0 Å². The van der Waals surface area contributed by atoms with Crippen LogP contribution in [0.1, 0.15) is 11.3 Å². The predicted molar refractivity (Wildman–Crippen MR) is 63.0 cm³/mol. The Bertz CT molecular complexity index is 563. The van der Waals surface area contributed by atoms with Gasteiger partial charge in [-0.2, -0.15) is 13.2 Å². The summed E-state index contributed by atoms with van der Waals surface area (Å²) in [5.74, 6) is 0. The maximum absolute atomic E-state index is 12.4. The molecule has 0 aliphatic carbocycles. The van der Waals surface area contributed by atoms with Crippen molar-refractivity contribution in [3.05, 3.63) is 40.9 Å². The van der Waals surface area contributed by atoms with E-state index in [9.17, 15) is 18.0 Å². The van der Waals surface area contributed by atoms with Crippen LogP contribution in [-0.4, -0.2) is 11.5 Å². The molecule has 0 amide bonds. The van der Waals surface area contributed by atoms with Crippen LogP contribution in [0.4, 0.5) is 13.2 Å². The molecule has 3 nitrogen and oxygen atoms in total. The molecule has 7 heteroatoms. The largest absolute Gasteiger partial charge is 0.451 e. The van der Waals surface area contributed by atoms with Gasteiger partial charge in [-0.15, -0.1) is 11.3 Å². The van der Waals surface area contributed by atoms with Crippen molar-refractivity contribution < 1.29 is 22.7 Å². The molecule has 1 aromatic carbocycles. The summed E-state index contributed by atoms with van der Waals surface area (Å²) < 4.78 is 41.6. The molecule has 2 rings (SSSR count). The first-order valence-corrected chi connectivity index (χ1v) is 5.99. The average molecular weight is 286 g/mol. The Morgan fingerprint density at radius 1 is 1.26 bits per heavy atom. The third kappa shape index (κ3) is 3.31. The number of rotatable bonds is 4. The molecule has 0 atom stereocenters. The topological polar surface area (TPSA) is 39.2 Å². The van der Waals surface area contributed by atoms with Crippen LogP contribution < -0.4 is 0 Å². The summed E-state index contributed by atoms with van der Waals surface area (Å²) in [5.41, 5.74) is 0.412. The lowest BCUT2D eigenvalue weighted by molar-refractivity contribution is -0.137. The van der Waals surface area contributed by atoms with Crippen LogP contribution in [0, 0.1) is 0 Å². The number of alkyl halides is 3. The van der Waals surface area contributed by atoms with E-state index in [0.29, 0.717) is 16.3 Å². The smallest absolute Gasteiger partial charge is 0.417 e. The monoisotopic (exact) mass is 286 g/mol. The van der Waals surface area contributed by atoms with Gasteiger partial charge in [0.05, 0.1) is 11.3 Å². The Kier molecular flexibility index (Phi) is 3.84. The zero-order valence-corrected chi connectivity index (χ0v) is 10.2. The number of aromatic nitrogens is 1. The summed E-state index contributed by atoms with van der Waals surface area (Å²) >= 11 is 1.26. The summed E-state index contributed by atoms with van der Waals surface area (Å²) in [6.45, 7) is 1.28. The second kappa shape index (κ2) is 5.40. The first-order chi connectivity index (χ1) is 9.00. The number of ether oxygens (including phenoxy) is 1. The predicted octanol–water partition coefficient (Wildman–Crippen LogP) is 3.41. The molecule has 0 N–H and O–H groups in total. The fourth-order valence-corrected chi connectivity index (χ4v) is 2.22. The molecule has 99 valence electrons. The summed E-state index contributed by atoms with van der Waals surface area (Å²) in [7, 11) is 0. The standard InChI is InChI=1S/C12H7F3NO2S/c13-12(14,15)9-3-1-8(2-4-9)11-16-10(6-19-11)5-18-7-17/h1-4,6H,5H2. The maximum atomic E-state index is 12.4. The minimum atomic E-state index is -4.35. The van der Waals surface area contributed by atoms with Gasteiger partial charge in [0.1, 0.15) is 11.6 Å². The number of nitrogens with zero attached hydrogens (tertiary/aromatic N) is 1. The Labute approximate surface area is 110 Å². The highest BCUT2D eigenvalue weighted by Crippen LogP contribution is 2.31. The minimum absolute atomic E-state index is 0.000630. The van der Waals surface area contributed by atoms with E-state index >= 15 is 0 Å². The van der Waals surface area contributed by atoms with E-state index in [1.807, 2.05) is 0 Å². The molecule has 1 aromatic heterocycles. The van der Waals surface area contributed by atoms with Crippen molar-refractivity contribution in [1.29, 1.82) is 0 Å². The minimum Gasteiger partial charge on any atom is -0.451 e. The summed E-state index contributed by atoms with van der Waals surface area (Å²) in [6, 6.07) is 4.73. The quantitative estimate of drug-likeness (QED) is 0.864. The fourth-order valence-electron chi connectivity index (χ4n) is 1.41. The van der Waals surface area contributed by atoms with Crippen LogP contribution in [0.3, 0.4) is 0 Å². The Morgan fingerprint density at radius 3 is 2.53 bits per heavy atom. The van der Waals surface area contributed by atoms with Crippen LogP contribution in [0.2, 0.25) is 0 Å². The lowest BCUT2D eigenvalue weighted by atomic mass is 10.1. The van der Waals surface area contributed by atoms with Gasteiger partial charge in [-0.25, -0.2) is 9.78 Å². The lowest BCUT2D eigenvalue weighted by Crippen LogP contribution is -2.03. The number of hydrogen-bond acceptors (Lipinski definition) is 4. The molecule has 0 spiro atoms. The molecule has 0 aliphatic heterocycles. The SMILES string of the molecule is O=[C]OCc1csc(-c2ccc(C(F)(F)F)cc2)n1. The first-order valence-electron chi connectivity index (χ1n) is 5.11. The van der Waals surface area contributed by atoms with E-state index in [-0.39, 0.29) is 6.61 Å². The third-order valence-corrected chi connectivity index (χ3v) is 3.23. The van der Waals surface area contributed by atoms with Crippen LogP contribution >= 0.6 is 11.3 Å². The normalized spacial score (nSPS) is 11.3. The average Bonchev–Trinajstić information content (AvgIpc) is 2.84. The molecule has 0 aliphatic rings. The highest BCUT2D eigenvalue weighted by atomic mass is 32.1. The van der Waals surface area contributed by atoms with E-state index in [1.54, 1.807) is 5.38 Å². The van der Waals surface area contributed by atoms with Gasteiger partial charge in [0, 0.05) is 10.9 Å². The van der Waals surface area contributed by atoms with Crippen molar-refractivity contribution in [2.24, 2.45) is 0 Å². The van der Waals surface area contributed by atoms with Gasteiger partial charge in [0.15, 0.2) is 0 Å². The van der Waals surface area contributed by atoms with Gasteiger partial charge < -0.3 is 4.74 Å². The highest BCUT2D eigenvalue weighted by Gasteiger charge is 2.30. The molecule has 0 saturated heterocycles. The van der Waals surface area contributed by atoms with Gasteiger partial charge >= 0.3 is 12.6 Å². The van der Waals surface area contributed by atoms with Crippen molar-refractivity contribution in [1.82, 2.24) is 4.98 Å². The zero-order valence-electron chi connectivity index (χ0n) is 9.40. The Hall–Kier alpha value is -1.89. The second-order valence-electron chi connectivity index (χ2n) is 3.59. The molecule has 19 heavy (non-hydrogen) atoms. The number of hydrogen-bond donors (Lipinski definition) is 0. The molecule has 0 fully saturated rings. The summed E-state index contributed by atoms with van der Waals surface area (Å²) in [4.78, 5) is 14.1. The molecule has 0 saturated carbocycles. The second-order valence-corrected chi connectivity index (χ2v) is 4.45. The Balaban J connectivity index is 2.18. The molecule has 1 radical (unpaired) electrons. The number of thiazole rings is 1. The van der Waals surface area contributed by atoms with Gasteiger partial charge in [-0.05, 0) is 12.1 Å². The van der Waals surface area contributed by atoms with Crippen molar-refractivity contribution in [3.8, 4) is 10.6 Å². The maximum Gasteiger partial charge on any atom is 0.417 e. The first kappa shape index (κ1) is 13.5. The van der Waals surface area contributed by atoms with Crippen molar-refractivity contribution in [2.75, 3.05) is 0 Å². The van der Waals surface area contributed by atoms with E-state index in [2.05, 4.69) is 9.72 Å². The summed E-state index contributed by atoms with van der Waals surface area (Å²) in [5, 5.41) is 2.24. The van der Waals surface area contributed by atoms with E-state index in [1.165, 1.54) is 29.9 Å². The zero-order chi connectivity index (χ0) is 13.9. The number of benzene rings is 1. The molecular weight excluding hydrogens is 279 g/mol. The fraction of sp³-hybridized carbons (Fsp3) is 0.167. The molecular formula is C12H7F3NO2S. The molecule has 0 bridgehead atoms. The van der Waals surface area contributed by atoms with Crippen LogP contribution in [0.15, 0.2) is 29.6 Å². The van der Waals surface area contributed by atoms with E-state index < -0.39 is 11.7 Å². The van der Waals surface area contributed by atoms with Gasteiger partial charge in [-0.1, -0.05) is 12.1 Å². The van der Waals surface area contributed by atoms with E-state index in [4.69, 9.17) is 0 Å². The molecule has 0 unspecified atom stereocenters. The number of carbonyl (C=O) groups excluding carboxylic acids is 1. The molecule has 1 heterocycles.